The van der Waals surface area contributed by atoms with Crippen molar-refractivity contribution in [1.82, 2.24) is 0 Å². The lowest BCUT2D eigenvalue weighted by atomic mass is 10.1. The van der Waals surface area contributed by atoms with Gasteiger partial charge in [-0.3, -0.25) is 4.79 Å². The van der Waals surface area contributed by atoms with Crippen LogP contribution in [-0.2, 0) is 0 Å². The lowest BCUT2D eigenvalue weighted by Crippen LogP contribution is -2.25. The number of aromatic hydroxyl groups is 1. The predicted molar refractivity (Wildman–Crippen MR) is 66.9 cm³/mol. The summed E-state index contributed by atoms with van der Waals surface area (Å²) in [5, 5.41) is 20.1. The van der Waals surface area contributed by atoms with E-state index in [2.05, 4.69) is 0 Å². The van der Waals surface area contributed by atoms with Crippen LogP contribution in [0.25, 0.3) is 6.08 Å². The Kier molecular flexibility index (Phi) is 3.38. The molecule has 0 amide bonds. The van der Waals surface area contributed by atoms with Crippen LogP contribution in [0.1, 0.15) is 15.9 Å². The van der Waals surface area contributed by atoms with Crippen LogP contribution >= 0.6 is 0 Å². The number of aromatic nitrogens is 1. The molecule has 2 aromatic rings. The fraction of sp³-hybridized carbons (Fsp3) is 0. The fourth-order valence-corrected chi connectivity index (χ4v) is 1.45. The lowest BCUT2D eigenvalue weighted by molar-refractivity contribution is -0.605. The lowest BCUT2D eigenvalue weighted by Gasteiger charge is -1.97. The van der Waals surface area contributed by atoms with Crippen molar-refractivity contribution in [3.63, 3.8) is 0 Å². The molecule has 0 radical (unpaired) electrons. The van der Waals surface area contributed by atoms with Crippen molar-refractivity contribution in [3.05, 3.63) is 71.2 Å². The smallest absolute Gasteiger partial charge is 0.191 e. The monoisotopic (exact) mass is 241 g/mol. The number of ketones is 1. The minimum atomic E-state index is -0.242. The Morgan fingerprint density at radius 3 is 2.61 bits per heavy atom. The van der Waals surface area contributed by atoms with Crippen molar-refractivity contribution in [3.8, 4) is 5.75 Å². The predicted octanol–water partition coefficient (Wildman–Crippen LogP) is 1.92. The van der Waals surface area contributed by atoms with Gasteiger partial charge in [0.2, 0.25) is 0 Å². The number of hydrogen-bond acceptors (Lipinski definition) is 3. The molecular formula is C14H11NO3. The van der Waals surface area contributed by atoms with E-state index in [0.29, 0.717) is 10.3 Å². The normalized spacial score (nSPS) is 10.7. The zero-order valence-electron chi connectivity index (χ0n) is 9.48. The molecule has 0 aliphatic heterocycles. The third-order valence-electron chi connectivity index (χ3n) is 2.38. The average molecular weight is 241 g/mol. The van der Waals surface area contributed by atoms with Crippen molar-refractivity contribution in [2.45, 2.75) is 0 Å². The highest BCUT2D eigenvalue weighted by atomic mass is 16.5. The highest BCUT2D eigenvalue weighted by Gasteiger charge is 2.04. The molecule has 0 spiro atoms. The molecule has 1 N–H and O–H groups in total. The molecule has 90 valence electrons. The quantitative estimate of drug-likeness (QED) is 0.386. The van der Waals surface area contributed by atoms with Crippen LogP contribution < -0.4 is 4.73 Å². The average Bonchev–Trinajstić information content (AvgIpc) is 2.38. The molecule has 0 saturated carbocycles. The molecule has 18 heavy (non-hydrogen) atoms. The third-order valence-corrected chi connectivity index (χ3v) is 2.38. The van der Waals surface area contributed by atoms with Gasteiger partial charge in [0.25, 0.3) is 0 Å². The molecule has 0 unspecified atom stereocenters. The van der Waals surface area contributed by atoms with E-state index in [4.69, 9.17) is 5.11 Å². The minimum Gasteiger partial charge on any atom is -0.619 e. The highest BCUT2D eigenvalue weighted by Crippen LogP contribution is 2.11. The molecule has 0 aliphatic carbocycles. The van der Waals surface area contributed by atoms with E-state index < -0.39 is 0 Å². The number of hydrogen-bond donors (Lipinski definition) is 1. The third kappa shape index (κ3) is 2.95. The molecule has 1 heterocycles. The number of rotatable bonds is 3. The van der Waals surface area contributed by atoms with Gasteiger partial charge in [-0.05, 0) is 29.8 Å². The van der Waals surface area contributed by atoms with Gasteiger partial charge < -0.3 is 10.3 Å². The van der Waals surface area contributed by atoms with Crippen LogP contribution in [0.4, 0.5) is 0 Å². The maximum absolute atomic E-state index is 11.7. The Balaban J connectivity index is 2.14. The Bertz CT molecular complexity index is 588. The zero-order valence-corrected chi connectivity index (χ0v) is 9.48. The molecule has 0 aliphatic rings. The zero-order chi connectivity index (χ0) is 13.0. The van der Waals surface area contributed by atoms with Crippen molar-refractivity contribution in [2.24, 2.45) is 0 Å². The van der Waals surface area contributed by atoms with E-state index in [0.717, 1.165) is 5.56 Å². The Morgan fingerprint density at radius 1 is 1.22 bits per heavy atom. The number of benzene rings is 1. The standard InChI is InChI=1S/C14H11NO3/c16-13-6-3-11(4-7-13)5-8-14(17)12-2-1-9-15(18)10-12/h1-10,16H/b8-5+. The summed E-state index contributed by atoms with van der Waals surface area (Å²) in [5.74, 6) is -0.0674. The second kappa shape index (κ2) is 5.14. The molecule has 0 fully saturated rings. The van der Waals surface area contributed by atoms with Crippen molar-refractivity contribution in [1.29, 1.82) is 0 Å². The maximum atomic E-state index is 11.7. The first-order valence-electron chi connectivity index (χ1n) is 5.35. The van der Waals surface area contributed by atoms with Gasteiger partial charge in [-0.1, -0.05) is 18.2 Å². The van der Waals surface area contributed by atoms with E-state index in [-0.39, 0.29) is 11.5 Å². The largest absolute Gasteiger partial charge is 0.619 e. The van der Waals surface area contributed by atoms with Crippen LogP contribution in [0, 0.1) is 5.21 Å². The van der Waals surface area contributed by atoms with E-state index in [1.165, 1.54) is 36.7 Å². The summed E-state index contributed by atoms with van der Waals surface area (Å²) in [6, 6.07) is 9.57. The molecule has 0 bridgehead atoms. The van der Waals surface area contributed by atoms with E-state index in [1.54, 1.807) is 24.3 Å². The molecule has 0 atom stereocenters. The van der Waals surface area contributed by atoms with E-state index >= 15 is 0 Å². The van der Waals surface area contributed by atoms with Gasteiger partial charge in [0.15, 0.2) is 18.2 Å². The number of phenolic OH excluding ortho intramolecular Hbond substituents is 1. The minimum absolute atomic E-state index is 0.175. The first kappa shape index (κ1) is 11.9. The SMILES string of the molecule is O=C(/C=C/c1ccc(O)cc1)c1ccc[n+]([O-])c1. The van der Waals surface area contributed by atoms with Crippen molar-refractivity contribution < 1.29 is 14.6 Å². The van der Waals surface area contributed by atoms with Gasteiger partial charge in [-0.15, -0.1) is 0 Å². The van der Waals surface area contributed by atoms with Gasteiger partial charge in [0, 0.05) is 6.07 Å². The molecule has 1 aromatic carbocycles. The number of nitrogens with zero attached hydrogens (tertiary/aromatic N) is 1. The second-order valence-electron chi connectivity index (χ2n) is 3.74. The van der Waals surface area contributed by atoms with E-state index in [9.17, 15) is 10.0 Å². The first-order valence-corrected chi connectivity index (χ1v) is 5.35. The summed E-state index contributed by atoms with van der Waals surface area (Å²) in [5.41, 5.74) is 1.13. The van der Waals surface area contributed by atoms with Crippen LogP contribution in [0.3, 0.4) is 0 Å². The molecule has 4 heteroatoms. The van der Waals surface area contributed by atoms with Crippen molar-refractivity contribution >= 4 is 11.9 Å². The summed E-state index contributed by atoms with van der Waals surface area (Å²) in [7, 11) is 0. The summed E-state index contributed by atoms with van der Waals surface area (Å²) in [4.78, 5) is 11.7. The number of carbonyl (C=O) groups is 1. The van der Waals surface area contributed by atoms with Gasteiger partial charge in [0.1, 0.15) is 5.75 Å². The first-order chi connectivity index (χ1) is 8.65. The number of carbonyl (C=O) groups excluding carboxylic acids is 1. The topological polar surface area (TPSA) is 64.2 Å². The molecule has 1 aromatic heterocycles. The summed E-state index contributed by atoms with van der Waals surface area (Å²) in [6.07, 6.45) is 5.57. The van der Waals surface area contributed by atoms with Gasteiger partial charge >= 0.3 is 0 Å². The van der Waals surface area contributed by atoms with Crippen LogP contribution in [0.15, 0.2) is 54.9 Å². The van der Waals surface area contributed by atoms with Crippen LogP contribution in [0.2, 0.25) is 0 Å². The second-order valence-corrected chi connectivity index (χ2v) is 3.74. The van der Waals surface area contributed by atoms with Gasteiger partial charge in [-0.2, -0.15) is 4.73 Å². The highest BCUT2D eigenvalue weighted by molar-refractivity contribution is 6.06. The molecule has 4 nitrogen and oxygen atoms in total. The number of pyridine rings is 1. The van der Waals surface area contributed by atoms with E-state index in [1.807, 2.05) is 0 Å². The number of phenols is 1. The van der Waals surface area contributed by atoms with Gasteiger partial charge in [-0.25, -0.2) is 0 Å². The summed E-state index contributed by atoms with van der Waals surface area (Å²) in [6.45, 7) is 0. The van der Waals surface area contributed by atoms with Crippen LogP contribution in [-0.4, -0.2) is 10.9 Å². The maximum Gasteiger partial charge on any atom is 0.191 e. The molecule has 2 rings (SSSR count). The summed E-state index contributed by atoms with van der Waals surface area (Å²) >= 11 is 0. The van der Waals surface area contributed by atoms with Gasteiger partial charge in [0.05, 0.1) is 5.56 Å². The number of allylic oxidation sites excluding steroid dienone is 1. The molecule has 0 saturated heterocycles. The summed E-state index contributed by atoms with van der Waals surface area (Å²) < 4.78 is 0.585. The van der Waals surface area contributed by atoms with Crippen LogP contribution in [0.5, 0.6) is 5.75 Å². The van der Waals surface area contributed by atoms with Crippen molar-refractivity contribution in [2.75, 3.05) is 0 Å². The fourth-order valence-electron chi connectivity index (χ4n) is 1.45. The Morgan fingerprint density at radius 2 is 1.94 bits per heavy atom. The molecular weight excluding hydrogens is 230 g/mol. The Labute approximate surface area is 104 Å². The Hall–Kier alpha value is -2.62.